The molecule has 17 heteroatoms. The van der Waals surface area contributed by atoms with E-state index >= 15 is 0 Å². The Morgan fingerprint density at radius 3 is 2.58 bits per heavy atom. The Morgan fingerprint density at radius 1 is 1.22 bits per heavy atom. The fourth-order valence-corrected chi connectivity index (χ4v) is 5.99. The van der Waals surface area contributed by atoms with Crippen LogP contribution in [-0.4, -0.2) is 87.4 Å². The zero-order valence-electron chi connectivity index (χ0n) is 18.9. The molecule has 0 aromatic carbocycles. The summed E-state index contributed by atoms with van der Waals surface area (Å²) in [5, 5.41) is 31.6. The van der Waals surface area contributed by atoms with Crippen LogP contribution in [0.2, 0.25) is 0 Å². The summed E-state index contributed by atoms with van der Waals surface area (Å²) < 4.78 is 24.9. The number of aliphatic hydroxyl groups excluding tert-OH is 2. The average molecular weight is 593 g/mol. The zero-order valence-corrected chi connectivity index (χ0v) is 21.6. The third kappa shape index (κ3) is 5.94. The molecule has 1 unspecified atom stereocenters. The summed E-state index contributed by atoms with van der Waals surface area (Å²) >= 11 is 2.45. The Balaban J connectivity index is 1.37. The molecule has 7 atom stereocenters. The molecule has 2 saturated heterocycles. The van der Waals surface area contributed by atoms with Crippen molar-refractivity contribution in [3.8, 4) is 5.88 Å². The van der Waals surface area contributed by atoms with Crippen LogP contribution >= 0.6 is 6.63 Å². The molecular formula is C19H25N5O10PSe-. The molecular weight excluding hydrogens is 568 g/mol. The second kappa shape index (κ2) is 10.8. The molecule has 0 bridgehead atoms. The van der Waals surface area contributed by atoms with Crippen molar-refractivity contribution in [2.24, 2.45) is 0 Å². The predicted octanol–water partition coefficient (Wildman–Crippen LogP) is -2.37. The first-order chi connectivity index (χ1) is 17.0. The maximum absolute atomic E-state index is 12.1. The molecule has 2 aromatic heterocycles. The molecule has 2 fully saturated rings. The van der Waals surface area contributed by atoms with Crippen LogP contribution in [0.1, 0.15) is 30.9 Å². The van der Waals surface area contributed by atoms with E-state index in [2.05, 4.69) is 25.5 Å². The van der Waals surface area contributed by atoms with E-state index in [0.29, 0.717) is 0 Å². The van der Waals surface area contributed by atoms with Gasteiger partial charge in [-0.25, -0.2) is 0 Å². The van der Waals surface area contributed by atoms with E-state index in [0.717, 1.165) is 4.57 Å². The molecule has 36 heavy (non-hydrogen) atoms. The first-order valence-corrected chi connectivity index (χ1v) is 14.6. The van der Waals surface area contributed by atoms with Gasteiger partial charge in [-0.15, -0.1) is 0 Å². The van der Waals surface area contributed by atoms with Gasteiger partial charge in [-0.3, -0.25) is 0 Å². The van der Waals surface area contributed by atoms with E-state index in [1.54, 1.807) is 0 Å². The van der Waals surface area contributed by atoms with E-state index in [-0.39, 0.29) is 30.8 Å². The van der Waals surface area contributed by atoms with Crippen molar-refractivity contribution in [1.82, 2.24) is 19.1 Å². The third-order valence-electron chi connectivity index (χ3n) is 5.80. The maximum atomic E-state index is 12.1. The number of ether oxygens (including phenoxy) is 2. The van der Waals surface area contributed by atoms with Crippen LogP contribution in [0.4, 0.5) is 5.82 Å². The summed E-state index contributed by atoms with van der Waals surface area (Å²) in [6.07, 6.45) is -2.51. The Labute approximate surface area is 212 Å². The Hall–Kier alpha value is -1.97. The van der Waals surface area contributed by atoms with E-state index in [1.165, 1.54) is 30.0 Å². The van der Waals surface area contributed by atoms with Crippen LogP contribution in [0.3, 0.4) is 0 Å². The van der Waals surface area contributed by atoms with Gasteiger partial charge >= 0.3 is 212 Å². The van der Waals surface area contributed by atoms with Gasteiger partial charge in [0.25, 0.3) is 0 Å². The molecule has 15 nitrogen and oxygen atoms in total. The van der Waals surface area contributed by atoms with Crippen LogP contribution in [0.5, 0.6) is 5.88 Å². The van der Waals surface area contributed by atoms with Crippen LogP contribution in [0.25, 0.3) is 0 Å². The quantitative estimate of drug-likeness (QED) is 0.186. The van der Waals surface area contributed by atoms with Crippen molar-refractivity contribution in [2.45, 2.75) is 56.6 Å². The first-order valence-electron chi connectivity index (χ1n) is 10.8. The molecule has 5 N–H and O–H groups in total. The van der Waals surface area contributed by atoms with Crippen molar-refractivity contribution in [2.75, 3.05) is 18.9 Å². The summed E-state index contributed by atoms with van der Waals surface area (Å²) in [6.45, 7) is -2.88. The molecule has 0 amide bonds. The Morgan fingerprint density at radius 2 is 1.89 bits per heavy atom. The average Bonchev–Trinajstić information content (AvgIpc) is 3.37. The Bertz CT molecular complexity index is 1210. The Kier molecular flexibility index (Phi) is 8.12. The number of hydrogen-bond donors (Lipinski definition) is 4. The van der Waals surface area contributed by atoms with Crippen LogP contribution in [-0.2, 0) is 18.5 Å². The standard InChI is InChI=1S/C19H26N5O10PSe/c1-9-6-24(19(29)22-17(9)27)16-5-11(12(7-25)32-16)34-35(30,36)31-8-13-10(26)4-15(33-13)23-3-2-14(20)21-18(23)28/h2-3,6,10-13,15-16,25-26H,4-5,7-8H2,1H3,(H,30,36)(H2,20,21,28)(H,22,27,29)/p-1/t10-,11-,12+,13+,15+,16+,35?/m0/s1. The van der Waals surface area contributed by atoms with Gasteiger partial charge in [0, 0.05) is 0 Å². The monoisotopic (exact) mass is 594 g/mol. The minimum absolute atomic E-state index is 0.0511. The van der Waals surface area contributed by atoms with Crippen molar-refractivity contribution >= 4 is 28.0 Å². The zero-order chi connectivity index (χ0) is 26.2. The molecule has 0 spiro atoms. The van der Waals surface area contributed by atoms with Gasteiger partial charge in [-0.2, -0.15) is 0 Å². The predicted molar refractivity (Wildman–Crippen MR) is 121 cm³/mol. The number of hydrogen-bond acceptors (Lipinski definition) is 13. The summed E-state index contributed by atoms with van der Waals surface area (Å²) in [5.74, 6) is -0.588. The normalized spacial score (nSPS) is 29.9. The minimum atomic E-state index is -3.63. The second-order valence-electron chi connectivity index (χ2n) is 8.35. The summed E-state index contributed by atoms with van der Waals surface area (Å²) in [7, 11) is 0. The fraction of sp³-hybridized carbons (Fsp3) is 0.579. The van der Waals surface area contributed by atoms with Crippen molar-refractivity contribution in [1.29, 1.82) is 0 Å². The topological polar surface area (TPSA) is 216 Å². The van der Waals surface area contributed by atoms with E-state index < -0.39 is 67.4 Å². The molecule has 2 aliphatic rings. The van der Waals surface area contributed by atoms with E-state index in [4.69, 9.17) is 24.3 Å². The number of nitrogens with zero attached hydrogens (tertiary/aromatic N) is 4. The molecule has 2 aliphatic heterocycles. The molecule has 0 aliphatic carbocycles. The van der Waals surface area contributed by atoms with Gasteiger partial charge in [-0.1, -0.05) is 0 Å². The number of anilines is 1. The third-order valence-corrected chi connectivity index (χ3v) is 8.01. The molecule has 0 saturated carbocycles. The number of aliphatic hydroxyl groups is 2. The van der Waals surface area contributed by atoms with Crippen molar-refractivity contribution < 1.29 is 38.7 Å². The number of rotatable bonds is 8. The van der Waals surface area contributed by atoms with Gasteiger partial charge in [0.2, 0.25) is 0 Å². The van der Waals surface area contributed by atoms with E-state index in [9.17, 15) is 29.8 Å². The number of aryl methyl sites for hydroxylation is 1. The van der Waals surface area contributed by atoms with Gasteiger partial charge in [0.15, 0.2) is 0 Å². The number of nitrogens with two attached hydrogens (primary N) is 1. The molecule has 198 valence electrons. The first kappa shape index (κ1) is 27.1. The van der Waals surface area contributed by atoms with Crippen LogP contribution in [0, 0.1) is 6.92 Å². The molecule has 0 radical (unpaired) electrons. The van der Waals surface area contributed by atoms with Crippen molar-refractivity contribution in [3.05, 3.63) is 45.0 Å². The molecule has 2 aromatic rings. The van der Waals surface area contributed by atoms with Gasteiger partial charge in [0.05, 0.1) is 0 Å². The van der Waals surface area contributed by atoms with Gasteiger partial charge in [0.1, 0.15) is 0 Å². The second-order valence-corrected chi connectivity index (χ2v) is 12.7. The fourth-order valence-electron chi connectivity index (χ4n) is 3.95. The van der Waals surface area contributed by atoms with Gasteiger partial charge < -0.3 is 0 Å². The summed E-state index contributed by atoms with van der Waals surface area (Å²) in [6, 6.07) is 1.43. The summed E-state index contributed by atoms with van der Waals surface area (Å²) in [5.41, 5.74) is 4.29. The van der Waals surface area contributed by atoms with Crippen LogP contribution < -0.4 is 22.2 Å². The number of nitrogen functional groups attached to an aromatic ring is 1. The number of aromatic nitrogens is 4. The summed E-state index contributed by atoms with van der Waals surface area (Å²) in [4.78, 5) is 41.9. The van der Waals surface area contributed by atoms with Crippen LogP contribution in [0.15, 0.2) is 28.0 Å². The molecule has 4 heterocycles. The SMILES string of the molecule is Cc1cn([C@H]2C[C@H](O[P+](O)([Se-])OC[C@H]3O[C@@H](n4ccc(N)nc4=O)C[C@@H]3O)[C@@H](CO)O2)c(=O)nc1[O-]. The van der Waals surface area contributed by atoms with Crippen molar-refractivity contribution in [3.63, 3.8) is 0 Å². The molecule has 4 rings (SSSR count). The van der Waals surface area contributed by atoms with E-state index in [1.807, 2.05) is 0 Å². The van der Waals surface area contributed by atoms with Gasteiger partial charge in [-0.05, 0) is 0 Å².